The maximum atomic E-state index is 6.28. The number of para-hydroxylation sites is 4. The fourth-order valence-corrected chi connectivity index (χ4v) is 3.96. The van der Waals surface area contributed by atoms with Crippen molar-refractivity contribution in [1.29, 1.82) is 0 Å². The van der Waals surface area contributed by atoms with Crippen molar-refractivity contribution in [2.75, 3.05) is 4.90 Å². The average molecular weight is 384 g/mol. The molecule has 4 aromatic carbocycles. The maximum Gasteiger partial charge on any atom is 0.156 e. The molecule has 28 heavy (non-hydrogen) atoms. The van der Waals surface area contributed by atoms with Gasteiger partial charge in [-0.15, -0.1) is 0 Å². The van der Waals surface area contributed by atoms with Gasteiger partial charge in [-0.2, -0.15) is 0 Å². The van der Waals surface area contributed by atoms with E-state index in [0.717, 1.165) is 51.2 Å². The molecule has 2 aliphatic rings. The standard InChI is InChI=1S/C24H14ClNO2/c25-17-11-9-15(10-12-17)16-13-22-24-23(14-16)28-21-8-4-2-6-19(21)26(24)18-5-1-3-7-20(18)27-22/h1-14H. The van der Waals surface area contributed by atoms with Crippen LogP contribution in [-0.2, 0) is 0 Å². The lowest BCUT2D eigenvalue weighted by molar-refractivity contribution is 0.446. The second-order valence-corrected chi connectivity index (χ2v) is 7.24. The lowest BCUT2D eigenvalue weighted by Gasteiger charge is -2.38. The molecule has 0 aliphatic carbocycles. The lowest BCUT2D eigenvalue weighted by Crippen LogP contribution is -2.20. The first-order chi connectivity index (χ1) is 13.8. The van der Waals surface area contributed by atoms with E-state index in [0.29, 0.717) is 5.02 Å². The first-order valence-electron chi connectivity index (χ1n) is 9.06. The maximum absolute atomic E-state index is 6.28. The topological polar surface area (TPSA) is 21.7 Å². The van der Waals surface area contributed by atoms with Gasteiger partial charge in [0.1, 0.15) is 5.69 Å². The van der Waals surface area contributed by atoms with Gasteiger partial charge in [-0.3, -0.25) is 4.90 Å². The minimum atomic E-state index is 0.713. The van der Waals surface area contributed by atoms with Crippen LogP contribution >= 0.6 is 11.6 Å². The third kappa shape index (κ3) is 2.23. The Kier molecular flexibility index (Phi) is 3.22. The average Bonchev–Trinajstić information content (AvgIpc) is 2.73. The van der Waals surface area contributed by atoms with E-state index in [9.17, 15) is 0 Å². The van der Waals surface area contributed by atoms with Crippen molar-refractivity contribution in [2.45, 2.75) is 0 Å². The van der Waals surface area contributed by atoms with Crippen molar-refractivity contribution in [3.63, 3.8) is 0 Å². The van der Waals surface area contributed by atoms with Gasteiger partial charge in [0.05, 0.1) is 11.4 Å². The van der Waals surface area contributed by atoms with E-state index in [1.54, 1.807) is 0 Å². The summed E-state index contributed by atoms with van der Waals surface area (Å²) in [5.74, 6) is 3.20. The van der Waals surface area contributed by atoms with Gasteiger partial charge in [-0.25, -0.2) is 0 Å². The van der Waals surface area contributed by atoms with Crippen LogP contribution in [0.15, 0.2) is 84.9 Å². The van der Waals surface area contributed by atoms with E-state index in [1.165, 1.54) is 0 Å². The number of rotatable bonds is 1. The Hall–Kier alpha value is -3.43. The highest BCUT2D eigenvalue weighted by Gasteiger charge is 2.34. The van der Waals surface area contributed by atoms with Crippen LogP contribution < -0.4 is 14.4 Å². The van der Waals surface area contributed by atoms with Gasteiger partial charge in [0.25, 0.3) is 0 Å². The number of fused-ring (bicyclic) bond motifs is 4. The molecule has 0 amide bonds. The summed E-state index contributed by atoms with van der Waals surface area (Å²) in [6.07, 6.45) is 0. The largest absolute Gasteiger partial charge is 0.453 e. The van der Waals surface area contributed by atoms with Crippen LogP contribution in [0.5, 0.6) is 23.0 Å². The summed E-state index contributed by atoms with van der Waals surface area (Å²) in [6, 6.07) is 28.0. The highest BCUT2D eigenvalue weighted by molar-refractivity contribution is 6.30. The zero-order chi connectivity index (χ0) is 18.7. The van der Waals surface area contributed by atoms with Gasteiger partial charge >= 0.3 is 0 Å². The first kappa shape index (κ1) is 15.6. The monoisotopic (exact) mass is 383 g/mol. The number of halogens is 1. The number of hydrogen-bond acceptors (Lipinski definition) is 3. The fourth-order valence-electron chi connectivity index (χ4n) is 3.83. The molecular formula is C24H14ClNO2. The molecule has 6 rings (SSSR count). The van der Waals surface area contributed by atoms with Crippen LogP contribution in [0.1, 0.15) is 0 Å². The molecule has 3 nitrogen and oxygen atoms in total. The zero-order valence-electron chi connectivity index (χ0n) is 14.7. The Morgan fingerprint density at radius 2 is 1.11 bits per heavy atom. The Labute approximate surface area is 167 Å². The van der Waals surface area contributed by atoms with Crippen LogP contribution in [0.25, 0.3) is 11.1 Å². The van der Waals surface area contributed by atoms with E-state index in [-0.39, 0.29) is 0 Å². The molecule has 0 spiro atoms. The van der Waals surface area contributed by atoms with E-state index in [4.69, 9.17) is 21.1 Å². The molecule has 0 saturated carbocycles. The third-order valence-corrected chi connectivity index (χ3v) is 5.35. The predicted octanol–water partition coefficient (Wildman–Crippen LogP) is 7.69. The van der Waals surface area contributed by atoms with Crippen molar-refractivity contribution in [3.8, 4) is 34.1 Å². The quantitative estimate of drug-likeness (QED) is 0.290. The normalized spacial score (nSPS) is 13.0. The number of anilines is 3. The molecule has 2 aliphatic heterocycles. The lowest BCUT2D eigenvalue weighted by atomic mass is 10.0. The molecule has 0 radical (unpaired) electrons. The van der Waals surface area contributed by atoms with Crippen LogP contribution in [0.2, 0.25) is 5.02 Å². The van der Waals surface area contributed by atoms with Gasteiger partial charge in [-0.1, -0.05) is 48.0 Å². The number of hydrogen-bond donors (Lipinski definition) is 0. The van der Waals surface area contributed by atoms with Gasteiger partial charge in [0.2, 0.25) is 0 Å². The highest BCUT2D eigenvalue weighted by Crippen LogP contribution is 2.60. The van der Waals surface area contributed by atoms with E-state index < -0.39 is 0 Å². The number of benzene rings is 4. The molecule has 0 saturated heterocycles. The van der Waals surface area contributed by atoms with Gasteiger partial charge < -0.3 is 9.47 Å². The summed E-state index contributed by atoms with van der Waals surface area (Å²) in [4.78, 5) is 2.22. The van der Waals surface area contributed by atoms with Crippen molar-refractivity contribution in [3.05, 3.63) is 90.0 Å². The van der Waals surface area contributed by atoms with Crippen LogP contribution in [0.4, 0.5) is 17.1 Å². The first-order valence-corrected chi connectivity index (χ1v) is 9.44. The molecule has 4 aromatic rings. The van der Waals surface area contributed by atoms with E-state index in [1.807, 2.05) is 60.7 Å². The molecule has 0 unspecified atom stereocenters. The molecule has 134 valence electrons. The fraction of sp³-hybridized carbons (Fsp3) is 0. The second kappa shape index (κ2) is 5.78. The highest BCUT2D eigenvalue weighted by atomic mass is 35.5. The molecule has 0 aromatic heterocycles. The minimum absolute atomic E-state index is 0.713. The second-order valence-electron chi connectivity index (χ2n) is 6.80. The SMILES string of the molecule is Clc1ccc(-c2cc3c4c(c2)Oc2ccccc2N4c2ccccc2O3)cc1. The Morgan fingerprint density at radius 1 is 0.571 bits per heavy atom. The summed E-state index contributed by atoms with van der Waals surface area (Å²) >= 11 is 6.06. The van der Waals surface area contributed by atoms with Crippen LogP contribution in [-0.4, -0.2) is 0 Å². The smallest absolute Gasteiger partial charge is 0.156 e. The third-order valence-electron chi connectivity index (χ3n) is 5.09. The van der Waals surface area contributed by atoms with Gasteiger partial charge in [0, 0.05) is 5.02 Å². The van der Waals surface area contributed by atoms with Crippen molar-refractivity contribution in [2.24, 2.45) is 0 Å². The molecule has 0 N–H and O–H groups in total. The van der Waals surface area contributed by atoms with E-state index in [2.05, 4.69) is 29.2 Å². The molecule has 0 bridgehead atoms. The minimum Gasteiger partial charge on any atom is -0.453 e. The Balaban J connectivity index is 1.61. The van der Waals surface area contributed by atoms with Crippen LogP contribution in [0.3, 0.4) is 0 Å². The van der Waals surface area contributed by atoms with Crippen molar-refractivity contribution >= 4 is 28.7 Å². The number of ether oxygens (including phenoxy) is 2. The van der Waals surface area contributed by atoms with Gasteiger partial charge in [0.15, 0.2) is 23.0 Å². The van der Waals surface area contributed by atoms with Crippen LogP contribution in [0, 0.1) is 0 Å². The molecular weight excluding hydrogens is 370 g/mol. The summed E-state index contributed by atoms with van der Waals surface area (Å²) in [6.45, 7) is 0. The number of nitrogens with zero attached hydrogens (tertiary/aromatic N) is 1. The predicted molar refractivity (Wildman–Crippen MR) is 112 cm³/mol. The van der Waals surface area contributed by atoms with Crippen molar-refractivity contribution in [1.82, 2.24) is 0 Å². The summed E-state index contributed by atoms with van der Waals surface area (Å²) in [5.41, 5.74) is 5.01. The Morgan fingerprint density at radius 3 is 1.68 bits per heavy atom. The summed E-state index contributed by atoms with van der Waals surface area (Å²) in [7, 11) is 0. The van der Waals surface area contributed by atoms with Crippen molar-refractivity contribution < 1.29 is 9.47 Å². The zero-order valence-corrected chi connectivity index (χ0v) is 15.5. The van der Waals surface area contributed by atoms with E-state index >= 15 is 0 Å². The molecule has 2 heterocycles. The summed E-state index contributed by atoms with van der Waals surface area (Å²) < 4.78 is 12.6. The Bertz CT molecular complexity index is 1160. The molecule has 4 heteroatoms. The summed E-state index contributed by atoms with van der Waals surface area (Å²) in [5, 5.41) is 0.713. The van der Waals surface area contributed by atoms with Gasteiger partial charge in [-0.05, 0) is 59.7 Å². The molecule has 0 atom stereocenters. The molecule has 0 fully saturated rings.